The van der Waals surface area contributed by atoms with Crippen LogP contribution < -0.4 is 24.8 Å². The SMILES string of the molecule is CCCc1ccc(OCNC(=O)NCC2COc3ccccc3O2)cc1. The lowest BCUT2D eigenvalue weighted by Gasteiger charge is -2.26. The maximum atomic E-state index is 11.9. The van der Waals surface area contributed by atoms with Gasteiger partial charge >= 0.3 is 6.03 Å². The number of hydrogen-bond acceptors (Lipinski definition) is 4. The number of fused-ring (bicyclic) bond motifs is 1. The summed E-state index contributed by atoms with van der Waals surface area (Å²) in [6.07, 6.45) is 1.95. The fourth-order valence-corrected chi connectivity index (χ4v) is 2.66. The van der Waals surface area contributed by atoms with Gasteiger partial charge < -0.3 is 24.8 Å². The zero-order chi connectivity index (χ0) is 18.2. The second-order valence-corrected chi connectivity index (χ2v) is 6.07. The summed E-state index contributed by atoms with van der Waals surface area (Å²) >= 11 is 0. The van der Waals surface area contributed by atoms with Crippen LogP contribution in [0.4, 0.5) is 4.79 Å². The molecule has 0 saturated carbocycles. The Kier molecular flexibility index (Phi) is 6.19. The summed E-state index contributed by atoms with van der Waals surface area (Å²) in [6, 6.07) is 15.1. The van der Waals surface area contributed by atoms with Gasteiger partial charge in [0.05, 0.1) is 6.54 Å². The molecule has 6 heteroatoms. The van der Waals surface area contributed by atoms with Crippen molar-refractivity contribution in [2.75, 3.05) is 19.9 Å². The number of amides is 2. The fraction of sp³-hybridized carbons (Fsp3) is 0.350. The van der Waals surface area contributed by atoms with Gasteiger partial charge in [0, 0.05) is 0 Å². The highest BCUT2D eigenvalue weighted by Crippen LogP contribution is 2.30. The lowest BCUT2D eigenvalue weighted by atomic mass is 10.1. The molecule has 2 N–H and O–H groups in total. The molecule has 2 aromatic carbocycles. The minimum Gasteiger partial charge on any atom is -0.486 e. The van der Waals surface area contributed by atoms with Gasteiger partial charge in [-0.2, -0.15) is 0 Å². The molecule has 0 bridgehead atoms. The monoisotopic (exact) mass is 356 g/mol. The molecule has 26 heavy (non-hydrogen) atoms. The molecular formula is C20H24N2O4. The predicted molar refractivity (Wildman–Crippen MR) is 98.8 cm³/mol. The van der Waals surface area contributed by atoms with Crippen molar-refractivity contribution in [2.45, 2.75) is 25.9 Å². The normalized spacial score (nSPS) is 15.2. The Bertz CT molecular complexity index is 718. The van der Waals surface area contributed by atoms with Gasteiger partial charge in [-0.3, -0.25) is 0 Å². The molecule has 1 unspecified atom stereocenters. The van der Waals surface area contributed by atoms with Crippen LogP contribution in [0.15, 0.2) is 48.5 Å². The lowest BCUT2D eigenvalue weighted by Crippen LogP contribution is -2.45. The average molecular weight is 356 g/mol. The number of nitrogens with one attached hydrogen (secondary N) is 2. The van der Waals surface area contributed by atoms with Gasteiger partial charge in [0.1, 0.15) is 12.4 Å². The molecule has 0 aliphatic carbocycles. The maximum absolute atomic E-state index is 11.9. The summed E-state index contributed by atoms with van der Waals surface area (Å²) in [5.74, 6) is 2.15. The molecule has 1 atom stereocenters. The van der Waals surface area contributed by atoms with Crippen molar-refractivity contribution < 1.29 is 19.0 Å². The molecule has 0 saturated heterocycles. The number of carbonyl (C=O) groups excluding carboxylic acids is 1. The molecule has 6 nitrogen and oxygen atoms in total. The molecule has 0 aromatic heterocycles. The van der Waals surface area contributed by atoms with Crippen molar-refractivity contribution in [3.8, 4) is 17.2 Å². The molecule has 1 heterocycles. The maximum Gasteiger partial charge on any atom is 0.317 e. The van der Waals surface area contributed by atoms with E-state index in [2.05, 4.69) is 17.6 Å². The topological polar surface area (TPSA) is 68.8 Å². The van der Waals surface area contributed by atoms with Crippen molar-refractivity contribution in [1.82, 2.24) is 10.6 Å². The number of hydrogen-bond donors (Lipinski definition) is 2. The van der Waals surface area contributed by atoms with Crippen LogP contribution in [-0.2, 0) is 6.42 Å². The summed E-state index contributed by atoms with van der Waals surface area (Å²) in [5, 5.41) is 5.42. The first-order chi connectivity index (χ1) is 12.7. The van der Waals surface area contributed by atoms with Crippen LogP contribution in [0, 0.1) is 0 Å². The van der Waals surface area contributed by atoms with Crippen LogP contribution in [0.5, 0.6) is 17.2 Å². The quantitative estimate of drug-likeness (QED) is 0.748. The minimum atomic E-state index is -0.310. The summed E-state index contributed by atoms with van der Waals surface area (Å²) in [5.41, 5.74) is 1.28. The van der Waals surface area contributed by atoms with Gasteiger partial charge in [-0.05, 0) is 36.2 Å². The standard InChI is InChI=1S/C20H24N2O4/c1-2-5-15-8-10-16(11-9-15)25-14-22-20(23)21-12-17-13-24-18-6-3-4-7-19(18)26-17/h3-4,6-11,17H,2,5,12-14H2,1H3,(H2,21,22,23). The Hall–Kier alpha value is -2.89. The number of urea groups is 1. The highest BCUT2D eigenvalue weighted by molar-refractivity contribution is 5.73. The third-order valence-electron chi connectivity index (χ3n) is 3.99. The van der Waals surface area contributed by atoms with E-state index in [0.29, 0.717) is 18.9 Å². The van der Waals surface area contributed by atoms with Gasteiger partial charge in [0.15, 0.2) is 24.3 Å². The zero-order valence-electron chi connectivity index (χ0n) is 14.9. The van der Waals surface area contributed by atoms with Gasteiger partial charge in [0.25, 0.3) is 0 Å². The number of carbonyl (C=O) groups is 1. The smallest absolute Gasteiger partial charge is 0.317 e. The van der Waals surface area contributed by atoms with Crippen molar-refractivity contribution >= 4 is 6.03 Å². The number of aryl methyl sites for hydroxylation is 1. The second-order valence-electron chi connectivity index (χ2n) is 6.07. The predicted octanol–water partition coefficient (Wildman–Crippen LogP) is 3.11. The molecule has 0 spiro atoms. The van der Waals surface area contributed by atoms with Crippen LogP contribution in [-0.4, -0.2) is 32.0 Å². The first-order valence-corrected chi connectivity index (χ1v) is 8.86. The van der Waals surface area contributed by atoms with Crippen molar-refractivity contribution in [1.29, 1.82) is 0 Å². The van der Waals surface area contributed by atoms with Gasteiger partial charge in [-0.15, -0.1) is 0 Å². The van der Waals surface area contributed by atoms with E-state index in [-0.39, 0.29) is 18.9 Å². The van der Waals surface area contributed by atoms with Crippen molar-refractivity contribution in [3.05, 3.63) is 54.1 Å². The molecule has 0 fully saturated rings. The number of rotatable bonds is 7. The Morgan fingerprint density at radius 3 is 2.65 bits per heavy atom. The Labute approximate surface area is 153 Å². The molecule has 2 aromatic rings. The third-order valence-corrected chi connectivity index (χ3v) is 3.99. The van der Waals surface area contributed by atoms with E-state index in [0.717, 1.165) is 24.3 Å². The molecule has 3 rings (SSSR count). The van der Waals surface area contributed by atoms with Crippen molar-refractivity contribution in [3.63, 3.8) is 0 Å². The molecule has 138 valence electrons. The highest BCUT2D eigenvalue weighted by atomic mass is 16.6. The van der Waals surface area contributed by atoms with E-state index in [1.165, 1.54) is 5.56 Å². The molecule has 2 amide bonds. The number of para-hydroxylation sites is 2. The van der Waals surface area contributed by atoms with E-state index < -0.39 is 0 Å². The molecule has 0 radical (unpaired) electrons. The lowest BCUT2D eigenvalue weighted by molar-refractivity contribution is 0.0915. The Balaban J connectivity index is 1.34. The average Bonchev–Trinajstić information content (AvgIpc) is 2.68. The van der Waals surface area contributed by atoms with E-state index in [9.17, 15) is 4.79 Å². The Morgan fingerprint density at radius 2 is 1.88 bits per heavy atom. The summed E-state index contributed by atoms with van der Waals surface area (Å²) in [6.45, 7) is 3.00. The first-order valence-electron chi connectivity index (χ1n) is 8.86. The second kappa shape index (κ2) is 8.99. The third kappa shape index (κ3) is 5.05. The summed E-state index contributed by atoms with van der Waals surface area (Å²) in [4.78, 5) is 11.9. The highest BCUT2D eigenvalue weighted by Gasteiger charge is 2.20. The number of ether oxygens (including phenoxy) is 3. The van der Waals surface area contributed by atoms with E-state index in [4.69, 9.17) is 14.2 Å². The Morgan fingerprint density at radius 1 is 1.12 bits per heavy atom. The van der Waals surface area contributed by atoms with Crippen molar-refractivity contribution in [2.24, 2.45) is 0 Å². The number of benzene rings is 2. The largest absolute Gasteiger partial charge is 0.486 e. The van der Waals surface area contributed by atoms with E-state index in [1.54, 1.807) is 0 Å². The van der Waals surface area contributed by atoms with Crippen LogP contribution in [0.25, 0.3) is 0 Å². The molecule has 1 aliphatic rings. The van der Waals surface area contributed by atoms with Crippen LogP contribution in [0.2, 0.25) is 0 Å². The summed E-state index contributed by atoms with van der Waals surface area (Å²) < 4.78 is 16.9. The summed E-state index contributed by atoms with van der Waals surface area (Å²) in [7, 11) is 0. The van der Waals surface area contributed by atoms with E-state index in [1.807, 2.05) is 48.5 Å². The first kappa shape index (κ1) is 17.9. The van der Waals surface area contributed by atoms with Gasteiger partial charge in [-0.1, -0.05) is 37.6 Å². The van der Waals surface area contributed by atoms with Gasteiger partial charge in [-0.25, -0.2) is 4.79 Å². The molecular weight excluding hydrogens is 332 g/mol. The fourth-order valence-electron chi connectivity index (χ4n) is 2.66. The van der Waals surface area contributed by atoms with E-state index >= 15 is 0 Å². The van der Waals surface area contributed by atoms with Crippen LogP contribution in [0.3, 0.4) is 0 Å². The van der Waals surface area contributed by atoms with Crippen LogP contribution >= 0.6 is 0 Å². The van der Waals surface area contributed by atoms with Crippen LogP contribution in [0.1, 0.15) is 18.9 Å². The molecule has 1 aliphatic heterocycles. The van der Waals surface area contributed by atoms with Gasteiger partial charge in [0.2, 0.25) is 0 Å². The zero-order valence-corrected chi connectivity index (χ0v) is 14.9. The minimum absolute atomic E-state index is 0.101.